The Balaban J connectivity index is 1.41. The first-order valence-electron chi connectivity index (χ1n) is 10.2. The molecular weight excluding hydrogens is 388 g/mol. The number of carbonyl (C=O) groups excluding carboxylic acids is 2. The molecule has 4 aromatic rings. The van der Waals surface area contributed by atoms with Gasteiger partial charge in [-0.3, -0.25) is 19.6 Å². The lowest BCUT2D eigenvalue weighted by Gasteiger charge is -2.23. The molecule has 0 fully saturated rings. The number of nitrogens with zero attached hydrogens (tertiary/aromatic N) is 2. The molecule has 0 saturated carbocycles. The van der Waals surface area contributed by atoms with Gasteiger partial charge in [0.05, 0.1) is 22.4 Å². The highest BCUT2D eigenvalue weighted by atomic mass is 16.2. The molecule has 0 spiro atoms. The van der Waals surface area contributed by atoms with Crippen LogP contribution in [0.25, 0.3) is 21.8 Å². The summed E-state index contributed by atoms with van der Waals surface area (Å²) in [5.74, 6) is -0.295. The third-order valence-electron chi connectivity index (χ3n) is 5.38. The Morgan fingerprint density at radius 1 is 0.774 bits per heavy atom. The molecule has 0 aliphatic rings. The van der Waals surface area contributed by atoms with Crippen LogP contribution in [0, 0.1) is 5.41 Å². The van der Waals surface area contributed by atoms with Gasteiger partial charge in [0.25, 0.3) is 0 Å². The molecule has 0 bridgehead atoms. The number of hydrogen-bond acceptors (Lipinski definition) is 4. The van der Waals surface area contributed by atoms with Gasteiger partial charge in [-0.2, -0.15) is 0 Å². The number of nitrogens with one attached hydrogen (secondary N) is 2. The molecule has 0 radical (unpaired) electrons. The van der Waals surface area contributed by atoms with Crippen LogP contribution < -0.4 is 10.6 Å². The SMILES string of the molecule is CC(C)(CCC(=O)Nc1cccc2cccnc12)C(=O)Nc1cccc2cccnc12. The molecule has 2 aromatic heterocycles. The van der Waals surface area contributed by atoms with Crippen molar-refractivity contribution in [3.05, 3.63) is 73.1 Å². The van der Waals surface area contributed by atoms with Crippen LogP contribution >= 0.6 is 0 Å². The van der Waals surface area contributed by atoms with Crippen LogP contribution in [0.5, 0.6) is 0 Å². The molecule has 6 heteroatoms. The Labute approximate surface area is 180 Å². The number of hydrogen-bond donors (Lipinski definition) is 2. The number of pyridine rings is 2. The summed E-state index contributed by atoms with van der Waals surface area (Å²) in [6.07, 6.45) is 4.03. The molecule has 0 aliphatic carbocycles. The minimum Gasteiger partial charge on any atom is -0.324 e. The Morgan fingerprint density at radius 3 is 1.87 bits per heavy atom. The molecule has 2 heterocycles. The smallest absolute Gasteiger partial charge is 0.230 e. The van der Waals surface area contributed by atoms with Gasteiger partial charge >= 0.3 is 0 Å². The molecule has 2 aromatic carbocycles. The monoisotopic (exact) mass is 412 g/mol. The van der Waals surface area contributed by atoms with Crippen LogP contribution in [-0.2, 0) is 9.59 Å². The van der Waals surface area contributed by atoms with Crippen molar-refractivity contribution in [2.75, 3.05) is 10.6 Å². The number of carbonyl (C=O) groups is 2. The third-order valence-corrected chi connectivity index (χ3v) is 5.38. The highest BCUT2D eigenvalue weighted by molar-refractivity contribution is 6.03. The standard InChI is InChI=1S/C25H24N4O2/c1-25(2,24(31)29-20-12-4-8-18-10-6-16-27-23(18)20)14-13-21(30)28-19-11-3-7-17-9-5-15-26-22(17)19/h3-12,15-16H,13-14H2,1-2H3,(H,28,30)(H,29,31). The first kappa shape index (κ1) is 20.5. The lowest BCUT2D eigenvalue weighted by atomic mass is 9.86. The predicted molar refractivity (Wildman–Crippen MR) is 124 cm³/mol. The van der Waals surface area contributed by atoms with E-state index in [0.29, 0.717) is 17.8 Å². The molecule has 6 nitrogen and oxygen atoms in total. The van der Waals surface area contributed by atoms with Crippen LogP contribution in [-0.4, -0.2) is 21.8 Å². The van der Waals surface area contributed by atoms with Crippen LogP contribution in [0.2, 0.25) is 0 Å². The summed E-state index contributed by atoms with van der Waals surface area (Å²) >= 11 is 0. The van der Waals surface area contributed by atoms with E-state index in [2.05, 4.69) is 20.6 Å². The summed E-state index contributed by atoms with van der Waals surface area (Å²) in [6.45, 7) is 3.68. The van der Waals surface area contributed by atoms with E-state index in [0.717, 1.165) is 21.8 Å². The first-order chi connectivity index (χ1) is 14.9. The summed E-state index contributed by atoms with van der Waals surface area (Å²) in [7, 11) is 0. The van der Waals surface area contributed by atoms with E-state index in [1.54, 1.807) is 12.4 Å². The Bertz CT molecular complexity index is 1260. The number of para-hydroxylation sites is 2. The molecule has 156 valence electrons. The molecule has 4 rings (SSSR count). The van der Waals surface area contributed by atoms with E-state index in [1.165, 1.54) is 0 Å². The van der Waals surface area contributed by atoms with E-state index in [-0.39, 0.29) is 18.2 Å². The quantitative estimate of drug-likeness (QED) is 0.458. The highest BCUT2D eigenvalue weighted by Gasteiger charge is 2.29. The second kappa shape index (κ2) is 8.52. The Kier molecular flexibility index (Phi) is 5.62. The zero-order valence-corrected chi connectivity index (χ0v) is 17.6. The van der Waals surface area contributed by atoms with Gasteiger partial charge in [0.2, 0.25) is 11.8 Å². The maximum Gasteiger partial charge on any atom is 0.230 e. The normalized spacial score (nSPS) is 11.4. The maximum absolute atomic E-state index is 12.9. The molecule has 0 atom stereocenters. The fourth-order valence-corrected chi connectivity index (χ4v) is 3.45. The average Bonchev–Trinajstić information content (AvgIpc) is 2.78. The maximum atomic E-state index is 12.9. The van der Waals surface area contributed by atoms with E-state index in [4.69, 9.17) is 0 Å². The van der Waals surface area contributed by atoms with Crippen LogP contribution in [0.1, 0.15) is 26.7 Å². The minimum atomic E-state index is -0.731. The van der Waals surface area contributed by atoms with Crippen molar-refractivity contribution in [3.8, 4) is 0 Å². The Morgan fingerprint density at radius 2 is 1.29 bits per heavy atom. The molecular formula is C25H24N4O2. The summed E-state index contributed by atoms with van der Waals surface area (Å²) in [4.78, 5) is 34.3. The zero-order valence-electron chi connectivity index (χ0n) is 17.6. The third kappa shape index (κ3) is 4.53. The minimum absolute atomic E-state index is 0.147. The number of amides is 2. The fraction of sp³-hybridized carbons (Fsp3) is 0.200. The second-order valence-electron chi connectivity index (χ2n) is 8.15. The van der Waals surface area contributed by atoms with Gasteiger partial charge in [0.15, 0.2) is 0 Å². The van der Waals surface area contributed by atoms with Crippen molar-refractivity contribution in [2.45, 2.75) is 26.7 Å². The Hall–Kier alpha value is -3.80. The number of rotatable bonds is 6. The molecule has 0 aliphatic heterocycles. The van der Waals surface area contributed by atoms with Crippen LogP contribution in [0.4, 0.5) is 11.4 Å². The molecule has 2 N–H and O–H groups in total. The topological polar surface area (TPSA) is 84.0 Å². The van der Waals surface area contributed by atoms with Crippen molar-refractivity contribution in [2.24, 2.45) is 5.41 Å². The van der Waals surface area contributed by atoms with E-state index >= 15 is 0 Å². The van der Waals surface area contributed by atoms with Gasteiger partial charge in [-0.25, -0.2) is 0 Å². The highest BCUT2D eigenvalue weighted by Crippen LogP contribution is 2.28. The lowest BCUT2D eigenvalue weighted by molar-refractivity contribution is -0.125. The average molecular weight is 412 g/mol. The van der Waals surface area contributed by atoms with E-state index < -0.39 is 5.41 Å². The lowest BCUT2D eigenvalue weighted by Crippen LogP contribution is -2.32. The van der Waals surface area contributed by atoms with Crippen molar-refractivity contribution < 1.29 is 9.59 Å². The van der Waals surface area contributed by atoms with Crippen LogP contribution in [0.3, 0.4) is 0 Å². The molecule has 2 amide bonds. The number of anilines is 2. The second-order valence-corrected chi connectivity index (χ2v) is 8.15. The summed E-state index contributed by atoms with van der Waals surface area (Å²) in [6, 6.07) is 19.0. The largest absolute Gasteiger partial charge is 0.324 e. The van der Waals surface area contributed by atoms with Gasteiger partial charge < -0.3 is 10.6 Å². The van der Waals surface area contributed by atoms with Crippen LogP contribution in [0.15, 0.2) is 73.1 Å². The van der Waals surface area contributed by atoms with E-state index in [1.807, 2.05) is 74.5 Å². The van der Waals surface area contributed by atoms with Crippen molar-refractivity contribution in [1.82, 2.24) is 9.97 Å². The van der Waals surface area contributed by atoms with Crippen molar-refractivity contribution in [1.29, 1.82) is 0 Å². The van der Waals surface area contributed by atoms with Crippen molar-refractivity contribution in [3.63, 3.8) is 0 Å². The van der Waals surface area contributed by atoms with Gasteiger partial charge in [0, 0.05) is 35.0 Å². The van der Waals surface area contributed by atoms with Gasteiger partial charge in [-0.05, 0) is 30.7 Å². The number of fused-ring (bicyclic) bond motifs is 2. The predicted octanol–water partition coefficient (Wildman–Crippen LogP) is 5.17. The van der Waals surface area contributed by atoms with E-state index in [9.17, 15) is 9.59 Å². The number of benzene rings is 2. The number of aromatic nitrogens is 2. The van der Waals surface area contributed by atoms with Gasteiger partial charge in [-0.1, -0.05) is 50.2 Å². The first-order valence-corrected chi connectivity index (χ1v) is 10.2. The summed E-state index contributed by atoms with van der Waals surface area (Å²) in [5.41, 5.74) is 2.11. The van der Waals surface area contributed by atoms with Gasteiger partial charge in [-0.15, -0.1) is 0 Å². The van der Waals surface area contributed by atoms with Crippen molar-refractivity contribution >= 4 is 45.0 Å². The molecule has 0 saturated heterocycles. The zero-order chi connectivity index (χ0) is 21.8. The summed E-state index contributed by atoms with van der Waals surface area (Å²) < 4.78 is 0. The summed E-state index contributed by atoms with van der Waals surface area (Å²) in [5, 5.41) is 7.83. The fourth-order valence-electron chi connectivity index (χ4n) is 3.45. The molecule has 31 heavy (non-hydrogen) atoms. The van der Waals surface area contributed by atoms with Gasteiger partial charge in [0.1, 0.15) is 0 Å². The molecule has 0 unspecified atom stereocenters.